The lowest BCUT2D eigenvalue weighted by Gasteiger charge is -2.04. The van der Waals surface area contributed by atoms with Gasteiger partial charge in [-0.2, -0.15) is 0 Å². The summed E-state index contributed by atoms with van der Waals surface area (Å²) in [5.74, 6) is 0.254. The number of nitrogens with two attached hydrogens (primary N) is 1. The first-order valence-electron chi connectivity index (χ1n) is 7.19. The maximum atomic E-state index is 11.1. The smallest absolute Gasteiger partial charge is 0.241 e. The van der Waals surface area contributed by atoms with Gasteiger partial charge in [-0.1, -0.05) is 18.2 Å². The second-order valence-electron chi connectivity index (χ2n) is 5.25. The highest BCUT2D eigenvalue weighted by molar-refractivity contribution is 5.91. The predicted molar refractivity (Wildman–Crippen MR) is 90.1 cm³/mol. The first-order valence-corrected chi connectivity index (χ1v) is 7.19. The quantitative estimate of drug-likeness (QED) is 0.753. The molecular weight excluding hydrogens is 290 g/mol. The number of ether oxygens (including phenoxy) is 1. The number of carbonyl (C=O) groups is 1. The summed E-state index contributed by atoms with van der Waals surface area (Å²) in [5, 5.41) is 0. The maximum absolute atomic E-state index is 11.1. The van der Waals surface area contributed by atoms with Gasteiger partial charge in [0.05, 0.1) is 18.5 Å². The number of primary amides is 1. The van der Waals surface area contributed by atoms with Crippen LogP contribution in [0.2, 0.25) is 0 Å². The lowest BCUT2D eigenvalue weighted by atomic mass is 10.1. The number of fused-ring (bicyclic) bond motifs is 1. The molecule has 3 aromatic rings. The van der Waals surface area contributed by atoms with Gasteiger partial charge in [-0.3, -0.25) is 9.20 Å². The van der Waals surface area contributed by atoms with E-state index >= 15 is 0 Å². The Bertz CT molecular complexity index is 910. The van der Waals surface area contributed by atoms with Crippen molar-refractivity contribution >= 4 is 17.6 Å². The number of hydrogen-bond donors (Lipinski definition) is 1. The Labute approximate surface area is 134 Å². The van der Waals surface area contributed by atoms with Gasteiger partial charge in [0.25, 0.3) is 0 Å². The third kappa shape index (κ3) is 2.94. The normalized spacial score (nSPS) is 11.2. The van der Waals surface area contributed by atoms with Crippen LogP contribution in [0.5, 0.6) is 5.75 Å². The van der Waals surface area contributed by atoms with Crippen molar-refractivity contribution in [2.45, 2.75) is 6.92 Å². The molecule has 5 heteroatoms. The van der Waals surface area contributed by atoms with Crippen molar-refractivity contribution in [1.29, 1.82) is 0 Å². The van der Waals surface area contributed by atoms with Crippen molar-refractivity contribution in [1.82, 2.24) is 9.38 Å². The zero-order chi connectivity index (χ0) is 16.4. The molecule has 2 N–H and O–H groups in total. The van der Waals surface area contributed by atoms with Crippen LogP contribution in [0.25, 0.3) is 23.0 Å². The zero-order valence-corrected chi connectivity index (χ0v) is 13.0. The fraction of sp³-hybridized carbons (Fsp3) is 0.111. The van der Waals surface area contributed by atoms with Gasteiger partial charge in [-0.25, -0.2) is 4.98 Å². The molecule has 1 aromatic carbocycles. The monoisotopic (exact) mass is 307 g/mol. The number of nitrogens with zero attached hydrogens (tertiary/aromatic N) is 2. The van der Waals surface area contributed by atoms with Crippen LogP contribution in [-0.2, 0) is 4.79 Å². The SMILES string of the molecule is COc1cccc(-c2nc3ccc(C)cn3c2/C=C\C(N)=O)c1. The Morgan fingerprint density at radius 3 is 2.87 bits per heavy atom. The number of rotatable bonds is 4. The van der Waals surface area contributed by atoms with Crippen LogP contribution >= 0.6 is 0 Å². The summed E-state index contributed by atoms with van der Waals surface area (Å²) < 4.78 is 7.23. The van der Waals surface area contributed by atoms with Gasteiger partial charge in [0.2, 0.25) is 5.91 Å². The summed E-state index contributed by atoms with van der Waals surface area (Å²) in [5.41, 5.74) is 9.63. The van der Waals surface area contributed by atoms with Crippen LogP contribution in [0.4, 0.5) is 0 Å². The topological polar surface area (TPSA) is 69.6 Å². The largest absolute Gasteiger partial charge is 0.497 e. The van der Waals surface area contributed by atoms with Crippen molar-refractivity contribution in [2.75, 3.05) is 7.11 Å². The van der Waals surface area contributed by atoms with E-state index in [9.17, 15) is 4.79 Å². The van der Waals surface area contributed by atoms with Crippen molar-refractivity contribution in [3.8, 4) is 17.0 Å². The third-order valence-electron chi connectivity index (χ3n) is 3.55. The van der Waals surface area contributed by atoms with E-state index in [0.717, 1.165) is 33.9 Å². The third-order valence-corrected chi connectivity index (χ3v) is 3.55. The number of carbonyl (C=O) groups excluding carboxylic acids is 1. The average Bonchev–Trinajstić information content (AvgIpc) is 2.90. The molecule has 0 fully saturated rings. The Hall–Kier alpha value is -3.08. The minimum absolute atomic E-state index is 0.496. The van der Waals surface area contributed by atoms with E-state index in [1.807, 2.05) is 53.9 Å². The minimum atomic E-state index is -0.496. The number of aryl methyl sites for hydroxylation is 1. The number of amides is 1. The van der Waals surface area contributed by atoms with E-state index in [-0.39, 0.29) is 0 Å². The number of hydrogen-bond acceptors (Lipinski definition) is 3. The molecule has 0 aliphatic heterocycles. The summed E-state index contributed by atoms with van der Waals surface area (Å²) in [4.78, 5) is 15.8. The number of aromatic nitrogens is 2. The summed E-state index contributed by atoms with van der Waals surface area (Å²) in [6.45, 7) is 2.01. The van der Waals surface area contributed by atoms with Gasteiger partial charge in [-0.05, 0) is 36.8 Å². The van der Waals surface area contributed by atoms with Crippen molar-refractivity contribution in [3.63, 3.8) is 0 Å². The highest BCUT2D eigenvalue weighted by Crippen LogP contribution is 2.28. The lowest BCUT2D eigenvalue weighted by molar-refractivity contribution is -0.113. The van der Waals surface area contributed by atoms with Crippen LogP contribution in [0.1, 0.15) is 11.3 Å². The van der Waals surface area contributed by atoms with Crippen molar-refractivity contribution in [2.24, 2.45) is 5.73 Å². The summed E-state index contributed by atoms with van der Waals surface area (Å²) in [7, 11) is 1.63. The average molecular weight is 307 g/mol. The van der Waals surface area contributed by atoms with Crippen molar-refractivity contribution < 1.29 is 9.53 Å². The lowest BCUT2D eigenvalue weighted by Crippen LogP contribution is -2.05. The van der Waals surface area contributed by atoms with Crippen molar-refractivity contribution in [3.05, 3.63) is 59.9 Å². The molecule has 1 amide bonds. The Morgan fingerprint density at radius 1 is 1.30 bits per heavy atom. The second kappa shape index (κ2) is 5.96. The molecule has 0 spiro atoms. The molecule has 3 rings (SSSR count). The van der Waals surface area contributed by atoms with Gasteiger partial charge in [-0.15, -0.1) is 0 Å². The highest BCUT2D eigenvalue weighted by atomic mass is 16.5. The molecule has 0 bridgehead atoms. The molecule has 2 aromatic heterocycles. The molecule has 2 heterocycles. The second-order valence-corrected chi connectivity index (χ2v) is 5.25. The Balaban J connectivity index is 2.26. The molecule has 0 saturated carbocycles. The van der Waals surface area contributed by atoms with E-state index in [0.29, 0.717) is 0 Å². The van der Waals surface area contributed by atoms with Crippen LogP contribution in [0.15, 0.2) is 48.7 Å². The van der Waals surface area contributed by atoms with E-state index < -0.39 is 5.91 Å². The Morgan fingerprint density at radius 2 is 2.13 bits per heavy atom. The Kier molecular flexibility index (Phi) is 3.85. The summed E-state index contributed by atoms with van der Waals surface area (Å²) in [6, 6.07) is 11.6. The van der Waals surface area contributed by atoms with Crippen LogP contribution in [0, 0.1) is 6.92 Å². The van der Waals surface area contributed by atoms with Crippen LogP contribution in [-0.4, -0.2) is 22.4 Å². The van der Waals surface area contributed by atoms with Gasteiger partial charge in [0.1, 0.15) is 11.4 Å². The van der Waals surface area contributed by atoms with Gasteiger partial charge >= 0.3 is 0 Å². The first kappa shape index (κ1) is 14.8. The number of imidazole rings is 1. The van der Waals surface area contributed by atoms with Gasteiger partial charge < -0.3 is 10.5 Å². The highest BCUT2D eigenvalue weighted by Gasteiger charge is 2.13. The molecule has 0 atom stereocenters. The fourth-order valence-corrected chi connectivity index (χ4v) is 2.47. The molecule has 5 nitrogen and oxygen atoms in total. The molecule has 116 valence electrons. The molecule has 0 saturated heterocycles. The molecule has 0 radical (unpaired) electrons. The van der Waals surface area contributed by atoms with E-state index in [4.69, 9.17) is 10.5 Å². The van der Waals surface area contributed by atoms with Crippen LogP contribution < -0.4 is 10.5 Å². The maximum Gasteiger partial charge on any atom is 0.241 e. The number of methoxy groups -OCH3 is 1. The molecule has 0 aliphatic carbocycles. The van der Waals surface area contributed by atoms with Gasteiger partial charge in [0.15, 0.2) is 0 Å². The van der Waals surface area contributed by atoms with E-state index in [1.165, 1.54) is 6.08 Å². The summed E-state index contributed by atoms with van der Waals surface area (Å²) >= 11 is 0. The number of pyridine rings is 1. The minimum Gasteiger partial charge on any atom is -0.497 e. The standard InChI is InChI=1S/C18H17N3O2/c1-12-6-9-17-20-18(13-4-3-5-14(10-13)23-2)15(21(17)11-12)7-8-16(19)22/h3-11H,1-2H3,(H2,19,22)/b8-7-. The number of benzene rings is 1. The summed E-state index contributed by atoms with van der Waals surface area (Å²) in [6.07, 6.45) is 5.01. The molecule has 23 heavy (non-hydrogen) atoms. The molecule has 0 unspecified atom stereocenters. The van der Waals surface area contributed by atoms with E-state index in [2.05, 4.69) is 4.98 Å². The zero-order valence-electron chi connectivity index (χ0n) is 13.0. The first-order chi connectivity index (χ1) is 11.1. The molecular formula is C18H17N3O2. The fourth-order valence-electron chi connectivity index (χ4n) is 2.47. The molecule has 0 aliphatic rings. The van der Waals surface area contributed by atoms with Crippen LogP contribution in [0.3, 0.4) is 0 Å². The predicted octanol–water partition coefficient (Wildman–Crippen LogP) is 2.82. The van der Waals surface area contributed by atoms with E-state index in [1.54, 1.807) is 13.2 Å². The van der Waals surface area contributed by atoms with Gasteiger partial charge in [0, 0.05) is 17.8 Å².